The zero-order valence-corrected chi connectivity index (χ0v) is 34.0. The van der Waals surface area contributed by atoms with E-state index in [0.717, 1.165) is 34.9 Å². The first-order valence-corrected chi connectivity index (χ1v) is 20.1. The first-order chi connectivity index (χ1) is 28.7. The summed E-state index contributed by atoms with van der Waals surface area (Å²) in [7, 11) is 3.07. The van der Waals surface area contributed by atoms with Crippen LogP contribution in [-0.4, -0.2) is 87.1 Å². The third-order valence-corrected chi connectivity index (χ3v) is 12.8. The van der Waals surface area contributed by atoms with E-state index in [1.54, 1.807) is 14.0 Å². The minimum atomic E-state index is -4.51. The summed E-state index contributed by atoms with van der Waals surface area (Å²) in [6.07, 6.45) is -1.59. The summed E-state index contributed by atoms with van der Waals surface area (Å²) < 4.78 is 81.0. The highest BCUT2D eigenvalue weighted by Gasteiger charge is 2.59. The van der Waals surface area contributed by atoms with Gasteiger partial charge in [-0.15, -0.1) is 11.8 Å². The molecule has 2 saturated heterocycles. The standard InChI is InChI=1S/C42H41F3N4O10S/c1-19-12-23-13-25-27(14-46)49-28-15-55-41(52)26(47-29(51)11-8-22-6-9-24(10-7-22)42(43,44)45)16-60-40(34(49)33(48-25)30(23)38(35(19)54-5)56-17-53-4)32-31(28)39-37(57-18-58-39)20(2)36(32)59-21(3)50/h6-12,25-28,33-34,40,48H,13,15-18H2,1-5H3,(H,47,51)/b11-8+/t25-,26-,27-,28-,33+,34?,40+/m0/s1. The molecule has 6 aliphatic rings. The Kier molecular flexibility index (Phi) is 11.1. The number of methoxy groups -OCH3 is 2. The van der Waals surface area contributed by atoms with E-state index in [0.29, 0.717) is 51.7 Å². The number of carbonyl (C=O) groups excluding carboxylic acids is 3. The number of nitrogens with zero attached hydrogens (tertiary/aromatic N) is 2. The average molecular weight is 851 g/mol. The molecule has 9 rings (SSSR count). The Labute approximate surface area is 347 Å². The van der Waals surface area contributed by atoms with E-state index >= 15 is 0 Å². The number of hydrogen-bond donors (Lipinski definition) is 2. The van der Waals surface area contributed by atoms with Crippen LogP contribution in [0.4, 0.5) is 13.2 Å². The largest absolute Gasteiger partial charge is 0.493 e. The second-order valence-electron chi connectivity index (χ2n) is 15.0. The molecule has 3 aromatic carbocycles. The molecule has 6 heterocycles. The molecule has 7 atom stereocenters. The molecule has 6 aliphatic heterocycles. The zero-order chi connectivity index (χ0) is 42.6. The SMILES string of the molecule is COCOc1c(OC)c(C)cc2c1[C@H]1N[C@@H](C2)[C@H](C#N)N2C1[C@@H]1SC[C@H](NC(=O)/C=C/c3ccc(C(F)(F)F)cc3)C(=O)OC[C@H]2c2c3c(c(C)c(OC(C)=O)c21)OCO3. The van der Waals surface area contributed by atoms with E-state index in [1.807, 2.05) is 13.0 Å². The van der Waals surface area contributed by atoms with Crippen LogP contribution in [-0.2, 0) is 36.5 Å². The van der Waals surface area contributed by atoms with Crippen LogP contribution in [0, 0.1) is 25.2 Å². The van der Waals surface area contributed by atoms with E-state index in [-0.39, 0.29) is 37.7 Å². The number of alkyl halides is 3. The van der Waals surface area contributed by atoms with E-state index < -0.39 is 65.0 Å². The maximum atomic E-state index is 13.9. The number of piperazine rings is 1. The van der Waals surface area contributed by atoms with Crippen molar-refractivity contribution in [3.05, 3.63) is 80.9 Å². The van der Waals surface area contributed by atoms with Crippen molar-refractivity contribution in [2.24, 2.45) is 0 Å². The van der Waals surface area contributed by atoms with Gasteiger partial charge in [0, 0.05) is 60.2 Å². The van der Waals surface area contributed by atoms with Gasteiger partial charge in [-0.1, -0.05) is 18.2 Å². The number of amides is 1. The minimum absolute atomic E-state index is 0.0463. The van der Waals surface area contributed by atoms with Crippen molar-refractivity contribution in [2.45, 2.75) is 74.9 Å². The Hall–Kier alpha value is -5.48. The van der Waals surface area contributed by atoms with Gasteiger partial charge in [0.2, 0.25) is 12.7 Å². The maximum Gasteiger partial charge on any atom is 0.416 e. The van der Waals surface area contributed by atoms with Crippen molar-refractivity contribution in [2.75, 3.05) is 40.2 Å². The smallest absolute Gasteiger partial charge is 0.416 e. The topological polar surface area (TPSA) is 167 Å². The van der Waals surface area contributed by atoms with Gasteiger partial charge >= 0.3 is 18.1 Å². The van der Waals surface area contributed by atoms with Crippen LogP contribution >= 0.6 is 11.8 Å². The third-order valence-electron chi connectivity index (χ3n) is 11.4. The summed E-state index contributed by atoms with van der Waals surface area (Å²) in [5, 5.41) is 16.8. The molecule has 3 aromatic rings. The van der Waals surface area contributed by atoms with Gasteiger partial charge in [0.25, 0.3) is 0 Å². The first-order valence-electron chi connectivity index (χ1n) is 19.1. The van der Waals surface area contributed by atoms with E-state index in [4.69, 9.17) is 33.2 Å². The lowest BCUT2D eigenvalue weighted by Gasteiger charge is -2.59. The average Bonchev–Trinajstić information content (AvgIpc) is 3.71. The normalized spacial score (nSPS) is 25.3. The molecule has 1 unspecified atom stereocenters. The molecule has 316 valence electrons. The second kappa shape index (κ2) is 16.2. The summed E-state index contributed by atoms with van der Waals surface area (Å²) in [6.45, 7) is 4.49. The number of benzene rings is 3. The fourth-order valence-corrected chi connectivity index (χ4v) is 10.6. The van der Waals surface area contributed by atoms with Gasteiger partial charge in [0.15, 0.2) is 29.8 Å². The Morgan fingerprint density at radius 1 is 1.07 bits per heavy atom. The van der Waals surface area contributed by atoms with Crippen LogP contribution in [0.2, 0.25) is 0 Å². The lowest BCUT2D eigenvalue weighted by atomic mass is 9.72. The summed E-state index contributed by atoms with van der Waals surface area (Å²) in [6, 6.07) is 4.56. The predicted octanol–water partition coefficient (Wildman–Crippen LogP) is 5.38. The van der Waals surface area contributed by atoms with E-state index in [9.17, 15) is 32.8 Å². The molecular formula is C42H41F3N4O10S. The lowest BCUT2D eigenvalue weighted by Crippen LogP contribution is -2.69. The number of hydrogen-bond acceptors (Lipinski definition) is 14. The Bertz CT molecular complexity index is 2320. The van der Waals surface area contributed by atoms with Gasteiger partial charge in [-0.3, -0.25) is 14.5 Å². The molecule has 2 fully saturated rings. The van der Waals surface area contributed by atoms with Crippen molar-refractivity contribution in [3.63, 3.8) is 0 Å². The monoisotopic (exact) mass is 850 g/mol. The molecule has 4 bridgehead atoms. The fourth-order valence-electron chi connectivity index (χ4n) is 9.08. The first kappa shape index (κ1) is 41.3. The van der Waals surface area contributed by atoms with Crippen LogP contribution in [0.5, 0.6) is 28.7 Å². The van der Waals surface area contributed by atoms with Crippen LogP contribution in [0.15, 0.2) is 36.4 Å². The van der Waals surface area contributed by atoms with Gasteiger partial charge in [-0.25, -0.2) is 4.79 Å². The highest BCUT2D eigenvalue weighted by molar-refractivity contribution is 7.99. The van der Waals surface area contributed by atoms with Gasteiger partial charge < -0.3 is 43.8 Å². The summed E-state index contributed by atoms with van der Waals surface area (Å²) in [4.78, 5) is 42.2. The fraction of sp³-hybridized carbons (Fsp3) is 0.429. The molecule has 0 aliphatic carbocycles. The predicted molar refractivity (Wildman–Crippen MR) is 209 cm³/mol. The summed E-state index contributed by atoms with van der Waals surface area (Å²) in [5.41, 5.74) is 3.76. The second-order valence-corrected chi connectivity index (χ2v) is 16.2. The molecule has 1 amide bonds. The van der Waals surface area contributed by atoms with Crippen LogP contribution in [0.1, 0.15) is 68.8 Å². The number of aryl methyl sites for hydroxylation is 1. The maximum absolute atomic E-state index is 13.9. The minimum Gasteiger partial charge on any atom is -0.493 e. The Balaban J connectivity index is 1.25. The van der Waals surface area contributed by atoms with Crippen LogP contribution in [0.3, 0.4) is 0 Å². The molecule has 0 spiro atoms. The van der Waals surface area contributed by atoms with Gasteiger partial charge in [0.05, 0.1) is 36.1 Å². The lowest BCUT2D eigenvalue weighted by molar-refractivity contribution is -0.150. The number of esters is 2. The van der Waals surface area contributed by atoms with Gasteiger partial charge in [-0.05, 0) is 55.2 Å². The molecule has 2 N–H and O–H groups in total. The molecular weight excluding hydrogens is 810 g/mol. The van der Waals surface area contributed by atoms with Crippen LogP contribution < -0.4 is 34.3 Å². The Morgan fingerprint density at radius 3 is 2.50 bits per heavy atom. The van der Waals surface area contributed by atoms with Crippen molar-refractivity contribution < 1.29 is 60.7 Å². The summed E-state index contributed by atoms with van der Waals surface area (Å²) in [5.74, 6) is -0.0570. The Morgan fingerprint density at radius 2 is 1.82 bits per heavy atom. The number of thioether (sulfide) groups is 1. The third kappa shape index (κ3) is 7.16. The van der Waals surface area contributed by atoms with Crippen molar-refractivity contribution >= 4 is 35.7 Å². The molecule has 0 saturated carbocycles. The number of nitrogens with one attached hydrogen (secondary N) is 2. The van der Waals surface area contributed by atoms with Crippen molar-refractivity contribution in [3.8, 4) is 34.8 Å². The zero-order valence-electron chi connectivity index (χ0n) is 33.1. The highest BCUT2D eigenvalue weighted by atomic mass is 32.2. The summed E-state index contributed by atoms with van der Waals surface area (Å²) >= 11 is 1.30. The van der Waals surface area contributed by atoms with Crippen molar-refractivity contribution in [1.29, 1.82) is 5.26 Å². The number of nitriles is 1. The van der Waals surface area contributed by atoms with Crippen LogP contribution in [0.25, 0.3) is 6.08 Å². The van der Waals surface area contributed by atoms with Gasteiger partial charge in [-0.2, -0.15) is 18.4 Å². The molecule has 60 heavy (non-hydrogen) atoms. The molecule has 18 heteroatoms. The quantitative estimate of drug-likeness (QED) is 0.128. The molecule has 0 aromatic heterocycles. The number of ether oxygens (including phenoxy) is 7. The van der Waals surface area contributed by atoms with Crippen molar-refractivity contribution in [1.82, 2.24) is 15.5 Å². The molecule has 0 radical (unpaired) electrons. The van der Waals surface area contributed by atoms with E-state index in [1.165, 1.54) is 44.0 Å². The number of fused-ring (bicyclic) bond motifs is 10. The number of rotatable bonds is 8. The molecule has 14 nitrogen and oxygen atoms in total. The van der Waals surface area contributed by atoms with Gasteiger partial charge in [0.1, 0.15) is 24.4 Å². The number of halogens is 3. The number of carbonyl (C=O) groups is 3. The van der Waals surface area contributed by atoms with E-state index in [2.05, 4.69) is 21.6 Å². The highest BCUT2D eigenvalue weighted by Crippen LogP contribution is 2.62.